The summed E-state index contributed by atoms with van der Waals surface area (Å²) in [5.41, 5.74) is 3.41. The van der Waals surface area contributed by atoms with Gasteiger partial charge in [0, 0.05) is 19.0 Å². The first kappa shape index (κ1) is 34.7. The van der Waals surface area contributed by atoms with Crippen molar-refractivity contribution in [3.63, 3.8) is 0 Å². The van der Waals surface area contributed by atoms with E-state index in [1.165, 1.54) is 61.1 Å². The summed E-state index contributed by atoms with van der Waals surface area (Å²) in [5, 5.41) is 3.22. The highest BCUT2D eigenvalue weighted by molar-refractivity contribution is 7.92. The smallest absolute Gasteiger partial charge is 0.244 e. The number of anilines is 1. The monoisotopic (exact) mass is 699 g/mol. The summed E-state index contributed by atoms with van der Waals surface area (Å²) in [5.74, 6) is 1.21. The molecule has 0 heterocycles. The number of carbonyl (C=O) groups is 2. The normalized spacial score (nSPS) is 25.2. The molecule has 0 spiro atoms. The van der Waals surface area contributed by atoms with Crippen LogP contribution in [-0.2, 0) is 38.0 Å². The molecule has 5 aliphatic rings. The molecule has 7 nitrogen and oxygen atoms in total. The lowest BCUT2D eigenvalue weighted by atomic mass is 9.48. The van der Waals surface area contributed by atoms with Crippen molar-refractivity contribution < 1.29 is 22.4 Å². The number of nitrogens with zero attached hydrogens (tertiary/aromatic N) is 2. The number of hydrogen-bond donors (Lipinski definition) is 1. The largest absolute Gasteiger partial charge is 0.352 e. The summed E-state index contributed by atoms with van der Waals surface area (Å²) in [6.45, 7) is -0.435. The molecule has 3 aromatic rings. The fourth-order valence-electron chi connectivity index (χ4n) is 9.94. The summed E-state index contributed by atoms with van der Waals surface area (Å²) in [6.07, 6.45) is 14.0. The Labute approximate surface area is 296 Å². The quantitative estimate of drug-likeness (QED) is 0.218. The van der Waals surface area contributed by atoms with Crippen molar-refractivity contribution in [1.82, 2.24) is 10.2 Å². The highest BCUT2D eigenvalue weighted by Gasteiger charge is 2.51. The van der Waals surface area contributed by atoms with Crippen LogP contribution in [-0.4, -0.2) is 50.0 Å². The van der Waals surface area contributed by atoms with E-state index in [1.54, 1.807) is 12.1 Å². The Morgan fingerprint density at radius 3 is 2.00 bits per heavy atom. The first-order valence-electron chi connectivity index (χ1n) is 18.5. The van der Waals surface area contributed by atoms with E-state index in [4.69, 9.17) is 0 Å². The summed E-state index contributed by atoms with van der Waals surface area (Å²) < 4.78 is 41.9. The lowest BCUT2D eigenvalue weighted by Gasteiger charge is -2.57. The number of rotatable bonds is 12. The van der Waals surface area contributed by atoms with Crippen LogP contribution in [0.25, 0.3) is 0 Å². The van der Waals surface area contributed by atoms with Gasteiger partial charge >= 0.3 is 0 Å². The van der Waals surface area contributed by atoms with Crippen LogP contribution in [0.1, 0.15) is 87.3 Å². The van der Waals surface area contributed by atoms with E-state index in [9.17, 15) is 22.4 Å². The lowest BCUT2D eigenvalue weighted by Crippen LogP contribution is -2.55. The van der Waals surface area contributed by atoms with Crippen molar-refractivity contribution in [3.05, 3.63) is 101 Å². The third-order valence-corrected chi connectivity index (χ3v) is 13.1. The van der Waals surface area contributed by atoms with Crippen molar-refractivity contribution in [1.29, 1.82) is 0 Å². The molecule has 0 aromatic heterocycles. The van der Waals surface area contributed by atoms with Crippen molar-refractivity contribution in [2.45, 2.75) is 101 Å². The Balaban J connectivity index is 1.18. The summed E-state index contributed by atoms with van der Waals surface area (Å²) >= 11 is 0. The van der Waals surface area contributed by atoms with Crippen LogP contribution < -0.4 is 9.62 Å². The predicted octanol–water partition coefficient (Wildman–Crippen LogP) is 7.15. The molecule has 9 heteroatoms. The Bertz CT molecular complexity index is 1720. The third-order valence-electron chi connectivity index (χ3n) is 12.0. The number of hydrogen-bond acceptors (Lipinski definition) is 4. The summed E-state index contributed by atoms with van der Waals surface area (Å²) in [4.78, 5) is 30.2. The molecule has 5 saturated carbocycles. The van der Waals surface area contributed by atoms with Gasteiger partial charge in [-0.2, -0.15) is 0 Å². The molecular weight excluding hydrogens is 650 g/mol. The van der Waals surface area contributed by atoms with Crippen molar-refractivity contribution in [2.24, 2.45) is 17.8 Å². The van der Waals surface area contributed by atoms with Crippen LogP contribution in [0.5, 0.6) is 0 Å². The fraction of sp³-hybridized carbons (Fsp3) is 0.512. The highest BCUT2D eigenvalue weighted by atomic mass is 32.2. The Morgan fingerprint density at radius 2 is 1.42 bits per heavy atom. The second-order valence-electron chi connectivity index (χ2n) is 15.7. The molecule has 8 rings (SSSR count). The van der Waals surface area contributed by atoms with Gasteiger partial charge in [-0.1, -0.05) is 73.9 Å². The van der Waals surface area contributed by atoms with Crippen LogP contribution >= 0.6 is 0 Å². The fourth-order valence-corrected chi connectivity index (χ4v) is 10.8. The maximum Gasteiger partial charge on any atom is 0.244 e. The SMILES string of the molecule is CS(=O)(=O)N(CC(=O)N(Cc1ccc(F)cc1)[C@H](Cc1ccccc1)C(=O)NC1CCCCC1)c1ccc(C23CC4CC(CC(C4)C2)C3)cc1. The minimum atomic E-state index is -3.87. The zero-order valence-electron chi connectivity index (χ0n) is 29.1. The van der Waals surface area contributed by atoms with Gasteiger partial charge in [-0.15, -0.1) is 0 Å². The minimum absolute atomic E-state index is 0.0251. The molecule has 0 aliphatic heterocycles. The summed E-state index contributed by atoms with van der Waals surface area (Å²) in [6, 6.07) is 22.4. The maximum absolute atomic E-state index is 14.5. The molecule has 0 radical (unpaired) electrons. The molecule has 0 saturated heterocycles. The number of halogens is 1. The van der Waals surface area contributed by atoms with Gasteiger partial charge in [-0.05, 0) is 115 Å². The van der Waals surface area contributed by atoms with E-state index < -0.39 is 34.3 Å². The zero-order valence-corrected chi connectivity index (χ0v) is 29.9. The van der Waals surface area contributed by atoms with Crippen LogP contribution in [0.2, 0.25) is 0 Å². The molecule has 5 aliphatic carbocycles. The topological polar surface area (TPSA) is 86.8 Å². The van der Waals surface area contributed by atoms with E-state index in [1.807, 2.05) is 42.5 Å². The van der Waals surface area contributed by atoms with Crippen LogP contribution in [0.4, 0.5) is 10.1 Å². The molecule has 2 amide bonds. The van der Waals surface area contributed by atoms with Crippen LogP contribution in [0.3, 0.4) is 0 Å². The highest BCUT2D eigenvalue weighted by Crippen LogP contribution is 2.60. The second kappa shape index (κ2) is 14.5. The van der Waals surface area contributed by atoms with Crippen molar-refractivity contribution in [3.8, 4) is 0 Å². The average molecular weight is 700 g/mol. The van der Waals surface area contributed by atoms with Crippen LogP contribution in [0.15, 0.2) is 78.9 Å². The van der Waals surface area contributed by atoms with E-state index in [2.05, 4.69) is 17.4 Å². The van der Waals surface area contributed by atoms with Crippen LogP contribution in [0, 0.1) is 23.6 Å². The molecule has 1 N–H and O–H groups in total. The number of sulfonamides is 1. The number of amides is 2. The van der Waals surface area contributed by atoms with E-state index in [0.29, 0.717) is 11.3 Å². The first-order chi connectivity index (χ1) is 24.0. The molecule has 50 heavy (non-hydrogen) atoms. The standard InChI is InChI=1S/C41H50FN3O4S/c1-50(48,49)45(37-18-14-34(15-19-37)41-24-31-20-32(25-41)22-33(21-31)26-41)28-39(46)44(27-30-12-16-35(42)17-13-30)38(23-29-8-4-2-5-9-29)40(47)43-36-10-6-3-7-11-36/h2,4-5,8-9,12-19,31-33,36,38H,3,6-7,10-11,20-28H2,1H3,(H,43,47)/t31?,32?,33?,38-,41?/m1/s1. The first-order valence-corrected chi connectivity index (χ1v) is 20.4. The van der Waals surface area contributed by atoms with Gasteiger partial charge in [0.25, 0.3) is 0 Å². The molecular formula is C41H50FN3O4S. The average Bonchev–Trinajstić information content (AvgIpc) is 3.09. The van der Waals surface area contributed by atoms with Gasteiger partial charge in [-0.3, -0.25) is 13.9 Å². The van der Waals surface area contributed by atoms with Gasteiger partial charge in [0.2, 0.25) is 21.8 Å². The Hall–Kier alpha value is -3.72. The minimum Gasteiger partial charge on any atom is -0.352 e. The summed E-state index contributed by atoms with van der Waals surface area (Å²) in [7, 11) is -3.87. The van der Waals surface area contributed by atoms with E-state index in [-0.39, 0.29) is 30.3 Å². The Morgan fingerprint density at radius 1 is 0.820 bits per heavy atom. The third kappa shape index (κ3) is 7.78. The maximum atomic E-state index is 14.5. The number of nitrogens with one attached hydrogen (secondary N) is 1. The van der Waals surface area contributed by atoms with E-state index >= 15 is 0 Å². The lowest BCUT2D eigenvalue weighted by molar-refractivity contribution is -0.140. The van der Waals surface area contributed by atoms with Gasteiger partial charge in [-0.25, -0.2) is 12.8 Å². The van der Waals surface area contributed by atoms with E-state index in [0.717, 1.165) is 66.0 Å². The van der Waals surface area contributed by atoms with Gasteiger partial charge in [0.05, 0.1) is 11.9 Å². The molecule has 3 aromatic carbocycles. The molecule has 266 valence electrons. The van der Waals surface area contributed by atoms with Gasteiger partial charge in [0.1, 0.15) is 18.4 Å². The Kier molecular flexibility index (Phi) is 10.1. The van der Waals surface area contributed by atoms with Gasteiger partial charge < -0.3 is 10.2 Å². The van der Waals surface area contributed by atoms with Gasteiger partial charge in [0.15, 0.2) is 0 Å². The molecule has 5 fully saturated rings. The predicted molar refractivity (Wildman–Crippen MR) is 194 cm³/mol. The van der Waals surface area contributed by atoms with Crippen molar-refractivity contribution >= 4 is 27.5 Å². The zero-order chi connectivity index (χ0) is 34.9. The number of carbonyl (C=O) groups excluding carboxylic acids is 2. The molecule has 0 unspecified atom stereocenters. The molecule has 1 atom stereocenters. The van der Waals surface area contributed by atoms with Crippen molar-refractivity contribution in [2.75, 3.05) is 17.1 Å². The molecule has 4 bridgehead atoms. The number of benzene rings is 3. The second-order valence-corrected chi connectivity index (χ2v) is 17.6.